The minimum atomic E-state index is -0.146. The zero-order valence-corrected chi connectivity index (χ0v) is 7.01. The van der Waals surface area contributed by atoms with E-state index >= 15 is 0 Å². The molecule has 3 heteroatoms. The fourth-order valence-electron chi connectivity index (χ4n) is 1.86. The average molecular weight is 167 g/mol. The second-order valence-corrected chi connectivity index (χ2v) is 3.47. The van der Waals surface area contributed by atoms with Crippen LogP contribution in [0.1, 0.15) is 19.3 Å². The maximum Gasteiger partial charge on any atom is 0.230 e. The van der Waals surface area contributed by atoms with Gasteiger partial charge in [0.05, 0.1) is 5.41 Å². The highest BCUT2D eigenvalue weighted by molar-refractivity contribution is 5.84. The van der Waals surface area contributed by atoms with E-state index in [4.69, 9.17) is 4.74 Å². The van der Waals surface area contributed by atoms with Gasteiger partial charge >= 0.3 is 0 Å². The minimum absolute atomic E-state index is 0.146. The smallest absolute Gasteiger partial charge is 0.230 e. The number of amides is 1. The Hall–Kier alpha value is -0.830. The summed E-state index contributed by atoms with van der Waals surface area (Å²) in [5.41, 5.74) is -0.146. The molecule has 1 saturated heterocycles. The Labute approximate surface area is 71.8 Å². The molecule has 0 aromatic rings. The van der Waals surface area contributed by atoms with Crippen LogP contribution in [0.25, 0.3) is 0 Å². The minimum Gasteiger partial charge on any atom is -0.381 e. The Balaban J connectivity index is 2.16. The summed E-state index contributed by atoms with van der Waals surface area (Å²) < 4.78 is 5.24. The van der Waals surface area contributed by atoms with Crippen LogP contribution >= 0.6 is 0 Å². The van der Waals surface area contributed by atoms with Gasteiger partial charge in [0.2, 0.25) is 5.91 Å². The molecule has 2 aliphatic heterocycles. The zero-order chi connectivity index (χ0) is 8.44. The van der Waals surface area contributed by atoms with Crippen molar-refractivity contribution in [3.05, 3.63) is 12.3 Å². The molecule has 1 spiro atoms. The van der Waals surface area contributed by atoms with Gasteiger partial charge < -0.3 is 10.1 Å². The molecule has 2 rings (SSSR count). The first-order valence-electron chi connectivity index (χ1n) is 4.37. The first-order valence-corrected chi connectivity index (χ1v) is 4.37. The lowest BCUT2D eigenvalue weighted by atomic mass is 9.75. The highest BCUT2D eigenvalue weighted by Crippen LogP contribution is 2.36. The summed E-state index contributed by atoms with van der Waals surface area (Å²) >= 11 is 0. The van der Waals surface area contributed by atoms with Gasteiger partial charge in [-0.2, -0.15) is 0 Å². The molecule has 0 atom stereocenters. The molecule has 2 heterocycles. The van der Waals surface area contributed by atoms with E-state index < -0.39 is 0 Å². The summed E-state index contributed by atoms with van der Waals surface area (Å²) in [5.74, 6) is 0.174. The van der Waals surface area contributed by atoms with E-state index in [1.54, 1.807) is 6.20 Å². The molecule has 1 amide bonds. The summed E-state index contributed by atoms with van der Waals surface area (Å²) in [6.45, 7) is 1.45. The number of rotatable bonds is 0. The van der Waals surface area contributed by atoms with Crippen molar-refractivity contribution in [2.24, 2.45) is 5.41 Å². The lowest BCUT2D eigenvalue weighted by molar-refractivity contribution is -0.136. The monoisotopic (exact) mass is 167 g/mol. The molecule has 1 fully saturated rings. The van der Waals surface area contributed by atoms with Crippen molar-refractivity contribution < 1.29 is 9.53 Å². The molecule has 12 heavy (non-hydrogen) atoms. The van der Waals surface area contributed by atoms with Gasteiger partial charge in [0.15, 0.2) is 0 Å². The van der Waals surface area contributed by atoms with Crippen molar-refractivity contribution in [1.29, 1.82) is 0 Å². The van der Waals surface area contributed by atoms with Crippen molar-refractivity contribution in [1.82, 2.24) is 5.32 Å². The molecular weight excluding hydrogens is 154 g/mol. The van der Waals surface area contributed by atoms with E-state index in [0.29, 0.717) is 0 Å². The predicted molar refractivity (Wildman–Crippen MR) is 44.4 cm³/mol. The lowest BCUT2D eigenvalue weighted by Gasteiger charge is -2.36. The van der Waals surface area contributed by atoms with Crippen molar-refractivity contribution in [2.75, 3.05) is 13.2 Å². The topological polar surface area (TPSA) is 38.3 Å². The number of carbonyl (C=O) groups excluding carboxylic acids is 1. The molecule has 0 radical (unpaired) electrons. The van der Waals surface area contributed by atoms with Crippen molar-refractivity contribution in [2.45, 2.75) is 19.3 Å². The number of ether oxygens (including phenoxy) is 1. The Morgan fingerprint density at radius 2 is 2.17 bits per heavy atom. The molecule has 66 valence electrons. The van der Waals surface area contributed by atoms with Gasteiger partial charge in [-0.05, 0) is 25.5 Å². The van der Waals surface area contributed by atoms with Crippen LogP contribution in [0.15, 0.2) is 12.3 Å². The maximum atomic E-state index is 11.6. The van der Waals surface area contributed by atoms with E-state index in [1.807, 2.05) is 6.08 Å². The van der Waals surface area contributed by atoms with Gasteiger partial charge in [0.1, 0.15) is 0 Å². The SMILES string of the molecule is O=C1NC=CCC12CCOCC2. The average Bonchev–Trinajstić information content (AvgIpc) is 2.12. The Bertz CT molecular complexity index is 217. The van der Waals surface area contributed by atoms with Crippen LogP contribution in [0.2, 0.25) is 0 Å². The molecule has 1 N–H and O–H groups in total. The number of allylic oxidation sites excluding steroid dienone is 1. The Morgan fingerprint density at radius 1 is 1.42 bits per heavy atom. The molecule has 3 nitrogen and oxygen atoms in total. The van der Waals surface area contributed by atoms with Crippen molar-refractivity contribution >= 4 is 5.91 Å². The van der Waals surface area contributed by atoms with Crippen molar-refractivity contribution in [3.8, 4) is 0 Å². The molecule has 0 unspecified atom stereocenters. The molecule has 0 saturated carbocycles. The number of hydrogen-bond acceptors (Lipinski definition) is 2. The quantitative estimate of drug-likeness (QED) is 0.580. The first-order chi connectivity index (χ1) is 5.83. The number of nitrogens with one attached hydrogen (secondary N) is 1. The fourth-order valence-corrected chi connectivity index (χ4v) is 1.86. The van der Waals surface area contributed by atoms with Crippen LogP contribution in [-0.2, 0) is 9.53 Å². The third kappa shape index (κ3) is 1.14. The van der Waals surface area contributed by atoms with Gasteiger partial charge in [0.25, 0.3) is 0 Å². The van der Waals surface area contributed by atoms with Crippen molar-refractivity contribution in [3.63, 3.8) is 0 Å². The lowest BCUT2D eigenvalue weighted by Crippen LogP contribution is -2.44. The Morgan fingerprint density at radius 3 is 2.83 bits per heavy atom. The predicted octanol–water partition coefficient (Wildman–Crippen LogP) is 0.817. The normalized spacial score (nSPS) is 27.2. The molecule has 0 aromatic carbocycles. The van der Waals surface area contributed by atoms with E-state index in [-0.39, 0.29) is 11.3 Å². The largest absolute Gasteiger partial charge is 0.381 e. The van der Waals surface area contributed by atoms with E-state index in [2.05, 4.69) is 5.32 Å². The van der Waals surface area contributed by atoms with Crippen LogP contribution in [0.4, 0.5) is 0 Å². The summed E-state index contributed by atoms with van der Waals surface area (Å²) in [5, 5.41) is 2.77. The van der Waals surface area contributed by atoms with Crippen LogP contribution in [0, 0.1) is 5.41 Å². The molecule has 0 aromatic heterocycles. The first kappa shape index (κ1) is 7.80. The summed E-state index contributed by atoms with van der Waals surface area (Å²) in [7, 11) is 0. The highest BCUT2D eigenvalue weighted by Gasteiger charge is 2.39. The molecule has 0 bridgehead atoms. The van der Waals surface area contributed by atoms with E-state index in [9.17, 15) is 4.79 Å². The fraction of sp³-hybridized carbons (Fsp3) is 0.667. The summed E-state index contributed by atoms with van der Waals surface area (Å²) in [4.78, 5) is 11.6. The number of carbonyl (C=O) groups is 1. The second-order valence-electron chi connectivity index (χ2n) is 3.47. The van der Waals surface area contributed by atoms with Crippen LogP contribution in [0.5, 0.6) is 0 Å². The number of hydrogen-bond donors (Lipinski definition) is 1. The Kier molecular flexibility index (Phi) is 1.89. The van der Waals surface area contributed by atoms with E-state index in [0.717, 1.165) is 32.5 Å². The third-order valence-corrected chi connectivity index (χ3v) is 2.77. The third-order valence-electron chi connectivity index (χ3n) is 2.77. The highest BCUT2D eigenvalue weighted by atomic mass is 16.5. The van der Waals surface area contributed by atoms with Gasteiger partial charge in [-0.25, -0.2) is 0 Å². The van der Waals surface area contributed by atoms with Crippen LogP contribution in [0.3, 0.4) is 0 Å². The van der Waals surface area contributed by atoms with Gasteiger partial charge in [-0.1, -0.05) is 6.08 Å². The molecular formula is C9H13NO2. The van der Waals surface area contributed by atoms with Crippen LogP contribution < -0.4 is 5.32 Å². The van der Waals surface area contributed by atoms with Gasteiger partial charge in [-0.15, -0.1) is 0 Å². The summed E-state index contributed by atoms with van der Waals surface area (Å²) in [6, 6.07) is 0. The van der Waals surface area contributed by atoms with E-state index in [1.165, 1.54) is 0 Å². The van der Waals surface area contributed by atoms with Crippen LogP contribution in [-0.4, -0.2) is 19.1 Å². The zero-order valence-electron chi connectivity index (χ0n) is 7.01. The second kappa shape index (κ2) is 2.90. The molecule has 0 aliphatic carbocycles. The van der Waals surface area contributed by atoms with Gasteiger partial charge in [0, 0.05) is 13.2 Å². The maximum absolute atomic E-state index is 11.6. The summed E-state index contributed by atoms with van der Waals surface area (Å²) in [6.07, 6.45) is 6.38. The van der Waals surface area contributed by atoms with Gasteiger partial charge in [-0.3, -0.25) is 4.79 Å². The standard InChI is InChI=1S/C9H13NO2/c11-8-9(2-1-5-10-8)3-6-12-7-4-9/h1,5H,2-4,6-7H2,(H,10,11). The molecule has 2 aliphatic rings.